The first kappa shape index (κ1) is 75.1. The number of piperazine rings is 2. The van der Waals surface area contributed by atoms with Crippen molar-refractivity contribution in [3.8, 4) is 6.07 Å². The standard InChI is InChI=1S/C71H86F6N12O10/c1-13-69(10,11)50-26-24-49(25-27-50)60-58(62(93)83-34-38-85(39-35-83)66(97)99-68(7,8)9)46(3)89(54-19-15-17-52(41-54)71(75,76)77)64(95)87(60)44-56(91)80-29-31-81(12)30-28-79-55(90)43-86-59(48-22-20-47(42-78)21-23-48)57(61(92)82-32-36-84(37-33-82)65(96)98-67(4,5)6)45(2)88(63(86)94)53-18-14-16-51(40-53)70(72,73)74/h14-27,40-41,59-60H,13,28-39,43-44H2,1-12H3,(H,79,90)(H,80,91)/t59-,60-/m1/s1. The SMILES string of the molecule is CCC(C)(C)c1ccc([C@@H]2C(C(=O)N3CCN(C(=O)OC(C)(C)C)CC3)=C(C)N(c3cccc(C(F)(F)F)c3)C(=O)N2CC(=O)NCCN(C)CCNC(=O)CN2C(=O)N(c3cccc(C(F)(F)F)c3)C(C)=C(C(=O)N3CCN(C(=O)OC(C)(C)C)CC3)[C@H]2c2ccc(C#N)cc2)cc1. The van der Waals surface area contributed by atoms with Gasteiger partial charge in [0.1, 0.15) is 24.3 Å². The molecule has 4 aliphatic rings. The van der Waals surface area contributed by atoms with Crippen LogP contribution in [0.2, 0.25) is 0 Å². The van der Waals surface area contributed by atoms with Crippen molar-refractivity contribution in [2.45, 2.75) is 124 Å². The zero-order chi connectivity index (χ0) is 72.9. The summed E-state index contributed by atoms with van der Waals surface area (Å²) in [5.74, 6) is -2.65. The van der Waals surface area contributed by atoms with E-state index in [9.17, 15) is 50.8 Å². The highest BCUT2D eigenvalue weighted by molar-refractivity contribution is 6.07. The molecular formula is C71H86F6N12O10. The third-order valence-electron chi connectivity index (χ3n) is 17.8. The summed E-state index contributed by atoms with van der Waals surface area (Å²) < 4.78 is 97.1. The van der Waals surface area contributed by atoms with Crippen molar-refractivity contribution < 1.29 is 74.2 Å². The van der Waals surface area contributed by atoms with Crippen LogP contribution in [0.4, 0.5) is 56.9 Å². The Labute approximate surface area is 572 Å². The number of likely N-dealkylation sites (N-methyl/N-ethyl adjacent to an activating group) is 1. The average molecular weight is 1380 g/mol. The fourth-order valence-electron chi connectivity index (χ4n) is 12.1. The monoisotopic (exact) mass is 1380 g/mol. The molecule has 22 nitrogen and oxygen atoms in total. The molecule has 0 spiro atoms. The maximum atomic E-state index is 15.3. The van der Waals surface area contributed by atoms with Gasteiger partial charge in [-0.1, -0.05) is 69.3 Å². The van der Waals surface area contributed by atoms with Gasteiger partial charge in [0, 0.05) is 89.9 Å². The summed E-state index contributed by atoms with van der Waals surface area (Å²) in [6.07, 6.45) is -10.1. The molecule has 10 amide bonds. The van der Waals surface area contributed by atoms with E-state index < -0.39 is 108 Å². The number of halogens is 6. The predicted octanol–water partition coefficient (Wildman–Crippen LogP) is 10.8. The molecule has 4 aliphatic heterocycles. The van der Waals surface area contributed by atoms with Crippen LogP contribution < -0.4 is 20.4 Å². The molecule has 0 aliphatic carbocycles. The van der Waals surface area contributed by atoms with Crippen molar-refractivity contribution in [2.75, 3.05) is 108 Å². The van der Waals surface area contributed by atoms with Gasteiger partial charge in [-0.25, -0.2) is 19.2 Å². The molecule has 0 unspecified atom stereocenters. The zero-order valence-electron chi connectivity index (χ0n) is 57.8. The highest BCUT2D eigenvalue weighted by Crippen LogP contribution is 2.45. The molecule has 0 radical (unpaired) electrons. The molecule has 4 aromatic carbocycles. The number of nitrogens with zero attached hydrogens (tertiary/aromatic N) is 10. The van der Waals surface area contributed by atoms with Gasteiger partial charge in [-0.2, -0.15) is 31.6 Å². The third kappa shape index (κ3) is 18.0. The molecule has 0 bridgehead atoms. The van der Waals surface area contributed by atoms with Crippen molar-refractivity contribution >= 4 is 59.3 Å². The van der Waals surface area contributed by atoms with Crippen LogP contribution in [-0.4, -0.2) is 192 Å². The Morgan fingerprint density at radius 2 is 0.889 bits per heavy atom. The minimum atomic E-state index is -4.83. The molecule has 99 heavy (non-hydrogen) atoms. The van der Waals surface area contributed by atoms with Gasteiger partial charge >= 0.3 is 36.6 Å². The van der Waals surface area contributed by atoms with Crippen LogP contribution in [0.25, 0.3) is 0 Å². The molecule has 2 atom stereocenters. The lowest BCUT2D eigenvalue weighted by molar-refractivity contribution is -0.138. The number of amides is 10. The van der Waals surface area contributed by atoms with Crippen LogP contribution in [0.1, 0.15) is 128 Å². The van der Waals surface area contributed by atoms with Crippen LogP contribution in [0.3, 0.4) is 0 Å². The predicted molar refractivity (Wildman–Crippen MR) is 356 cm³/mol. The van der Waals surface area contributed by atoms with E-state index in [1.165, 1.54) is 69.8 Å². The lowest BCUT2D eigenvalue weighted by Gasteiger charge is -2.44. The van der Waals surface area contributed by atoms with E-state index in [0.29, 0.717) is 11.1 Å². The number of anilines is 2. The molecule has 4 aromatic rings. The largest absolute Gasteiger partial charge is 0.444 e. The normalized spacial score (nSPS) is 17.7. The number of rotatable bonds is 18. The minimum Gasteiger partial charge on any atom is -0.444 e. The van der Waals surface area contributed by atoms with Gasteiger partial charge in [-0.3, -0.25) is 29.0 Å². The van der Waals surface area contributed by atoms with Crippen LogP contribution >= 0.6 is 0 Å². The number of alkyl halides is 6. The minimum absolute atomic E-state index is 0.00118. The first-order chi connectivity index (χ1) is 46.3. The van der Waals surface area contributed by atoms with Crippen LogP contribution in [0.5, 0.6) is 0 Å². The van der Waals surface area contributed by atoms with E-state index in [1.54, 1.807) is 65.6 Å². The van der Waals surface area contributed by atoms with E-state index >= 15 is 19.2 Å². The quantitative estimate of drug-likeness (QED) is 0.0886. The molecule has 0 aromatic heterocycles. The van der Waals surface area contributed by atoms with Gasteiger partial charge in [0.15, 0.2) is 0 Å². The van der Waals surface area contributed by atoms with Gasteiger partial charge in [0.05, 0.1) is 57.4 Å². The Morgan fingerprint density at radius 3 is 1.22 bits per heavy atom. The summed E-state index contributed by atoms with van der Waals surface area (Å²) in [6, 6.07) is 18.8. The second-order valence-electron chi connectivity index (χ2n) is 27.5. The number of hydrogen-bond donors (Lipinski definition) is 2. The van der Waals surface area contributed by atoms with Gasteiger partial charge in [-0.05, 0) is 139 Å². The Morgan fingerprint density at radius 1 is 0.535 bits per heavy atom. The van der Waals surface area contributed by atoms with Crippen molar-refractivity contribution in [1.29, 1.82) is 5.26 Å². The summed E-state index contributed by atoms with van der Waals surface area (Å²) in [4.78, 5) is 127. The molecule has 2 fully saturated rings. The zero-order valence-corrected chi connectivity index (χ0v) is 57.8. The Balaban J connectivity index is 1.01. The molecule has 28 heteroatoms. The molecule has 2 N–H and O–H groups in total. The topological polar surface area (TPSA) is 232 Å². The summed E-state index contributed by atoms with van der Waals surface area (Å²) in [7, 11) is 1.68. The molecule has 4 heterocycles. The van der Waals surface area contributed by atoms with Crippen LogP contribution in [0, 0.1) is 11.3 Å². The van der Waals surface area contributed by atoms with Gasteiger partial charge < -0.3 is 54.4 Å². The Kier molecular flexibility index (Phi) is 22.9. The summed E-state index contributed by atoms with van der Waals surface area (Å²) >= 11 is 0. The van der Waals surface area contributed by atoms with Gasteiger partial charge in [-0.15, -0.1) is 0 Å². The maximum Gasteiger partial charge on any atom is 0.416 e. The van der Waals surface area contributed by atoms with E-state index in [0.717, 1.165) is 68.0 Å². The maximum absolute atomic E-state index is 15.3. The first-order valence-corrected chi connectivity index (χ1v) is 32.7. The number of nitrogens with one attached hydrogen (secondary N) is 2. The van der Waals surface area contributed by atoms with Gasteiger partial charge in [0.2, 0.25) is 11.8 Å². The number of allylic oxidation sites excluding steroid dienone is 2. The number of nitriles is 1. The van der Waals surface area contributed by atoms with Crippen molar-refractivity contribution in [3.05, 3.63) is 153 Å². The number of carbonyl (C=O) groups is 8. The fourth-order valence-corrected chi connectivity index (χ4v) is 12.1. The third-order valence-corrected chi connectivity index (χ3v) is 17.8. The summed E-state index contributed by atoms with van der Waals surface area (Å²) in [5, 5.41) is 15.3. The smallest absolute Gasteiger partial charge is 0.416 e. The summed E-state index contributed by atoms with van der Waals surface area (Å²) in [6.45, 7) is 18.4. The number of benzene rings is 4. The number of urea groups is 2. The van der Waals surface area contributed by atoms with E-state index in [1.807, 2.05) is 25.1 Å². The average Bonchev–Trinajstić information content (AvgIpc) is 0.746. The van der Waals surface area contributed by atoms with E-state index in [-0.39, 0.29) is 123 Å². The van der Waals surface area contributed by atoms with E-state index in [2.05, 4.69) is 24.5 Å². The molecule has 0 saturated carbocycles. The lowest BCUT2D eigenvalue weighted by atomic mass is 9.81. The van der Waals surface area contributed by atoms with Crippen molar-refractivity contribution in [1.82, 2.24) is 44.9 Å². The van der Waals surface area contributed by atoms with Crippen LogP contribution in [-0.2, 0) is 46.4 Å². The van der Waals surface area contributed by atoms with Crippen molar-refractivity contribution in [3.63, 3.8) is 0 Å². The molecular weight excluding hydrogens is 1290 g/mol. The highest BCUT2D eigenvalue weighted by atomic mass is 19.4. The fraction of sp³-hybridized carbons (Fsp3) is 0.479. The first-order valence-electron chi connectivity index (χ1n) is 32.7. The second-order valence-corrected chi connectivity index (χ2v) is 27.5. The lowest BCUT2D eigenvalue weighted by Crippen LogP contribution is -2.57. The Hall–Kier alpha value is -9.65. The van der Waals surface area contributed by atoms with E-state index in [4.69, 9.17) is 9.47 Å². The number of hydrogen-bond acceptors (Lipinski definition) is 12. The molecule has 532 valence electrons. The van der Waals surface area contributed by atoms with Crippen molar-refractivity contribution in [2.24, 2.45) is 0 Å². The van der Waals surface area contributed by atoms with Gasteiger partial charge in [0.25, 0.3) is 11.8 Å². The number of ether oxygens (including phenoxy) is 2. The molecule has 2 saturated heterocycles. The molecule has 8 rings (SSSR count). The second kappa shape index (κ2) is 30.2. The van der Waals surface area contributed by atoms with Crippen LogP contribution in [0.15, 0.2) is 120 Å². The Bertz CT molecular complexity index is 3800. The summed E-state index contributed by atoms with van der Waals surface area (Å²) in [5.41, 5.74) is -2.68. The highest BCUT2D eigenvalue weighted by Gasteiger charge is 2.48. The number of carbonyl (C=O) groups excluding carboxylic acids is 8.